The molecular formula is C24H31ClN2O2. The summed E-state index contributed by atoms with van der Waals surface area (Å²) in [7, 11) is 0. The van der Waals surface area contributed by atoms with Gasteiger partial charge in [-0.2, -0.15) is 0 Å². The smallest absolute Gasteiger partial charge is 0.227 e. The van der Waals surface area contributed by atoms with Crippen LogP contribution in [-0.4, -0.2) is 60.6 Å². The van der Waals surface area contributed by atoms with Crippen LogP contribution in [0.5, 0.6) is 0 Å². The molecule has 5 heteroatoms. The molecule has 2 aromatic rings. The van der Waals surface area contributed by atoms with E-state index in [4.69, 9.17) is 4.74 Å². The fraction of sp³-hybridized carbons (Fsp3) is 0.458. The first kappa shape index (κ1) is 21.8. The van der Waals surface area contributed by atoms with Gasteiger partial charge in [-0.25, -0.2) is 0 Å². The molecule has 2 aliphatic rings. The number of likely N-dealkylation sites (tertiary alicyclic amines) is 1. The van der Waals surface area contributed by atoms with Crippen LogP contribution in [-0.2, 0) is 22.4 Å². The SMILES string of the molecule is Cl.O=C(Cc1ccccc1)N1CCOC2(CCN(CCc3ccccc3)CC2)C1. The van der Waals surface area contributed by atoms with Crippen molar-refractivity contribution >= 4 is 18.3 Å². The van der Waals surface area contributed by atoms with Crippen LogP contribution in [0.4, 0.5) is 0 Å². The highest BCUT2D eigenvalue weighted by Gasteiger charge is 2.40. The highest BCUT2D eigenvalue weighted by atomic mass is 35.5. The number of nitrogens with zero attached hydrogens (tertiary/aromatic N) is 2. The minimum atomic E-state index is -0.145. The van der Waals surface area contributed by atoms with Gasteiger partial charge in [0.1, 0.15) is 0 Å². The van der Waals surface area contributed by atoms with E-state index < -0.39 is 0 Å². The van der Waals surface area contributed by atoms with Gasteiger partial charge in [-0.1, -0.05) is 60.7 Å². The minimum Gasteiger partial charge on any atom is -0.371 e. The number of halogens is 1. The second-order valence-electron chi connectivity index (χ2n) is 8.09. The third-order valence-corrected chi connectivity index (χ3v) is 6.13. The lowest BCUT2D eigenvalue weighted by atomic mass is 9.89. The molecule has 2 saturated heterocycles. The Balaban J connectivity index is 0.00000240. The van der Waals surface area contributed by atoms with Crippen molar-refractivity contribution in [2.24, 2.45) is 0 Å². The van der Waals surface area contributed by atoms with Gasteiger partial charge in [0.25, 0.3) is 0 Å². The van der Waals surface area contributed by atoms with Crippen molar-refractivity contribution in [1.29, 1.82) is 0 Å². The summed E-state index contributed by atoms with van der Waals surface area (Å²) in [5.41, 5.74) is 2.34. The van der Waals surface area contributed by atoms with E-state index in [1.165, 1.54) is 5.56 Å². The highest BCUT2D eigenvalue weighted by molar-refractivity contribution is 5.85. The van der Waals surface area contributed by atoms with Crippen LogP contribution < -0.4 is 0 Å². The zero-order valence-electron chi connectivity index (χ0n) is 17.0. The monoisotopic (exact) mass is 414 g/mol. The van der Waals surface area contributed by atoms with Gasteiger partial charge in [0, 0.05) is 32.7 Å². The summed E-state index contributed by atoms with van der Waals surface area (Å²) in [6.07, 6.45) is 3.60. The molecule has 2 fully saturated rings. The van der Waals surface area contributed by atoms with E-state index in [9.17, 15) is 4.79 Å². The number of benzene rings is 2. The van der Waals surface area contributed by atoms with E-state index in [1.54, 1.807) is 0 Å². The van der Waals surface area contributed by atoms with Crippen LogP contribution >= 0.6 is 12.4 Å². The summed E-state index contributed by atoms with van der Waals surface area (Å²) in [4.78, 5) is 17.3. The van der Waals surface area contributed by atoms with E-state index in [0.29, 0.717) is 19.6 Å². The van der Waals surface area contributed by atoms with E-state index in [0.717, 1.165) is 51.0 Å². The molecule has 29 heavy (non-hydrogen) atoms. The quantitative estimate of drug-likeness (QED) is 0.749. The lowest BCUT2D eigenvalue weighted by Gasteiger charge is -2.47. The number of rotatable bonds is 5. The van der Waals surface area contributed by atoms with Crippen LogP contribution in [0, 0.1) is 0 Å². The Kier molecular flexibility index (Phi) is 7.70. The summed E-state index contributed by atoms with van der Waals surface area (Å²) < 4.78 is 6.23. The largest absolute Gasteiger partial charge is 0.371 e. The molecule has 0 N–H and O–H groups in total. The Labute approximate surface area is 180 Å². The molecular weight excluding hydrogens is 384 g/mol. The molecule has 0 atom stereocenters. The van der Waals surface area contributed by atoms with Gasteiger partial charge in [-0.15, -0.1) is 12.4 Å². The summed E-state index contributed by atoms with van der Waals surface area (Å²) >= 11 is 0. The molecule has 4 nitrogen and oxygen atoms in total. The lowest BCUT2D eigenvalue weighted by molar-refractivity contribution is -0.158. The summed E-state index contributed by atoms with van der Waals surface area (Å²) in [5.74, 6) is 0.223. The number of hydrogen-bond acceptors (Lipinski definition) is 3. The van der Waals surface area contributed by atoms with Crippen LogP contribution in [0.2, 0.25) is 0 Å². The number of amides is 1. The predicted molar refractivity (Wildman–Crippen MR) is 118 cm³/mol. The predicted octanol–water partition coefficient (Wildman–Crippen LogP) is 3.59. The maximum atomic E-state index is 12.8. The van der Waals surface area contributed by atoms with Crippen molar-refractivity contribution in [2.45, 2.75) is 31.3 Å². The van der Waals surface area contributed by atoms with Gasteiger partial charge >= 0.3 is 0 Å². The Hall–Kier alpha value is -1.88. The van der Waals surface area contributed by atoms with E-state index in [1.807, 2.05) is 35.2 Å². The van der Waals surface area contributed by atoms with Gasteiger partial charge in [-0.05, 0) is 30.4 Å². The summed E-state index contributed by atoms with van der Waals surface area (Å²) in [5, 5.41) is 0. The molecule has 0 bridgehead atoms. The lowest BCUT2D eigenvalue weighted by Crippen LogP contribution is -2.58. The van der Waals surface area contributed by atoms with Crippen LogP contribution in [0.1, 0.15) is 24.0 Å². The molecule has 2 aliphatic heterocycles. The maximum absolute atomic E-state index is 12.8. The zero-order valence-corrected chi connectivity index (χ0v) is 17.8. The molecule has 1 spiro atoms. The number of piperidine rings is 1. The highest BCUT2D eigenvalue weighted by Crippen LogP contribution is 2.30. The normalized spacial score (nSPS) is 19.0. The van der Waals surface area contributed by atoms with Crippen molar-refractivity contribution in [3.63, 3.8) is 0 Å². The first-order valence-corrected chi connectivity index (χ1v) is 10.4. The number of hydrogen-bond donors (Lipinski definition) is 0. The van der Waals surface area contributed by atoms with Gasteiger partial charge in [0.2, 0.25) is 5.91 Å². The van der Waals surface area contributed by atoms with Crippen molar-refractivity contribution in [3.8, 4) is 0 Å². The average molecular weight is 415 g/mol. The first-order chi connectivity index (χ1) is 13.7. The second kappa shape index (κ2) is 10.2. The van der Waals surface area contributed by atoms with Gasteiger partial charge < -0.3 is 14.5 Å². The number of carbonyl (C=O) groups is 1. The number of morpholine rings is 1. The minimum absolute atomic E-state index is 0. The third-order valence-electron chi connectivity index (χ3n) is 6.13. The van der Waals surface area contributed by atoms with Gasteiger partial charge in [-0.3, -0.25) is 4.79 Å². The van der Waals surface area contributed by atoms with Crippen molar-refractivity contribution < 1.29 is 9.53 Å². The second-order valence-corrected chi connectivity index (χ2v) is 8.09. The van der Waals surface area contributed by atoms with Crippen LogP contribution in [0.15, 0.2) is 60.7 Å². The fourth-order valence-corrected chi connectivity index (χ4v) is 4.36. The van der Waals surface area contributed by atoms with Crippen molar-refractivity contribution in [2.75, 3.05) is 39.3 Å². The van der Waals surface area contributed by atoms with Crippen LogP contribution in [0.3, 0.4) is 0 Å². The Morgan fingerprint density at radius 1 is 0.897 bits per heavy atom. The zero-order chi connectivity index (χ0) is 19.2. The van der Waals surface area contributed by atoms with E-state index >= 15 is 0 Å². The molecule has 4 rings (SSSR count). The van der Waals surface area contributed by atoms with Gasteiger partial charge in [0.15, 0.2) is 0 Å². The standard InChI is InChI=1S/C24H30N2O2.ClH/c27-23(19-22-9-5-2-6-10-22)26-17-18-28-24(20-26)12-15-25(16-13-24)14-11-21-7-3-1-4-8-21;/h1-10H,11-20H2;1H. The topological polar surface area (TPSA) is 32.8 Å². The summed E-state index contributed by atoms with van der Waals surface area (Å²) in [6, 6.07) is 20.7. The number of carbonyl (C=O) groups excluding carboxylic acids is 1. The molecule has 2 aromatic carbocycles. The first-order valence-electron chi connectivity index (χ1n) is 10.4. The van der Waals surface area contributed by atoms with Crippen molar-refractivity contribution in [3.05, 3.63) is 71.8 Å². The molecule has 0 aliphatic carbocycles. The van der Waals surface area contributed by atoms with Crippen LogP contribution in [0.25, 0.3) is 0 Å². The summed E-state index contributed by atoms with van der Waals surface area (Å²) in [6.45, 7) is 5.30. The third kappa shape index (κ3) is 5.81. The van der Waals surface area contributed by atoms with Crippen molar-refractivity contribution in [1.82, 2.24) is 9.80 Å². The molecule has 156 valence electrons. The van der Waals surface area contributed by atoms with E-state index in [-0.39, 0.29) is 23.9 Å². The molecule has 0 unspecified atom stereocenters. The van der Waals surface area contributed by atoms with Gasteiger partial charge in [0.05, 0.1) is 18.6 Å². The molecule has 0 radical (unpaired) electrons. The average Bonchev–Trinajstić information content (AvgIpc) is 2.75. The Morgan fingerprint density at radius 3 is 2.17 bits per heavy atom. The molecule has 0 aromatic heterocycles. The Bertz CT molecular complexity index is 761. The fourth-order valence-electron chi connectivity index (χ4n) is 4.36. The molecule has 0 saturated carbocycles. The molecule has 1 amide bonds. The van der Waals surface area contributed by atoms with E-state index in [2.05, 4.69) is 35.2 Å². The molecule has 2 heterocycles. The Morgan fingerprint density at radius 2 is 1.52 bits per heavy atom. The number of ether oxygens (including phenoxy) is 1. The maximum Gasteiger partial charge on any atom is 0.227 e.